The Morgan fingerprint density at radius 1 is 1.31 bits per heavy atom. The number of hydrogen-bond acceptors (Lipinski definition) is 2. The Balaban J connectivity index is 1.86. The maximum absolute atomic E-state index is 11.9. The van der Waals surface area contributed by atoms with E-state index in [9.17, 15) is 9.59 Å². The zero-order valence-electron chi connectivity index (χ0n) is 9.79. The van der Waals surface area contributed by atoms with E-state index in [4.69, 9.17) is 5.73 Å². The van der Waals surface area contributed by atoms with E-state index in [1.54, 1.807) is 6.92 Å². The first kappa shape index (κ1) is 11.4. The van der Waals surface area contributed by atoms with E-state index in [2.05, 4.69) is 5.32 Å². The largest absolute Gasteiger partial charge is 0.368 e. The number of amides is 2. The quantitative estimate of drug-likeness (QED) is 0.749. The van der Waals surface area contributed by atoms with Crippen LogP contribution in [0.1, 0.15) is 45.4 Å². The molecule has 4 nitrogen and oxygen atoms in total. The second-order valence-electron chi connectivity index (χ2n) is 5.31. The summed E-state index contributed by atoms with van der Waals surface area (Å²) < 4.78 is 0. The van der Waals surface area contributed by atoms with Gasteiger partial charge in [0, 0.05) is 5.92 Å². The Morgan fingerprint density at radius 2 is 1.94 bits per heavy atom. The highest BCUT2D eigenvalue weighted by Gasteiger charge is 2.57. The maximum atomic E-state index is 11.9. The van der Waals surface area contributed by atoms with Gasteiger partial charge in [0.05, 0.1) is 0 Å². The molecular formula is C12H20N2O2. The summed E-state index contributed by atoms with van der Waals surface area (Å²) in [5, 5.41) is 2.70. The minimum absolute atomic E-state index is 0.0215. The summed E-state index contributed by atoms with van der Waals surface area (Å²) in [7, 11) is 0. The van der Waals surface area contributed by atoms with Gasteiger partial charge in [-0.3, -0.25) is 9.59 Å². The van der Waals surface area contributed by atoms with Gasteiger partial charge in [0.15, 0.2) is 0 Å². The summed E-state index contributed by atoms with van der Waals surface area (Å²) in [6.07, 6.45) is 7.15. The summed E-state index contributed by atoms with van der Waals surface area (Å²) in [4.78, 5) is 22.7. The molecule has 3 N–H and O–H groups in total. The number of rotatable bonds is 3. The molecule has 2 aliphatic carbocycles. The van der Waals surface area contributed by atoms with Gasteiger partial charge in [-0.05, 0) is 31.6 Å². The van der Waals surface area contributed by atoms with Crippen molar-refractivity contribution in [1.29, 1.82) is 0 Å². The molecule has 2 fully saturated rings. The number of carbonyl (C=O) groups excluding carboxylic acids is 2. The molecule has 0 aromatic heterocycles. The molecule has 0 aromatic carbocycles. The Kier molecular flexibility index (Phi) is 2.91. The lowest BCUT2D eigenvalue weighted by Gasteiger charge is -2.22. The predicted molar refractivity (Wildman–Crippen MR) is 60.4 cm³/mol. The molecule has 2 atom stereocenters. The van der Waals surface area contributed by atoms with Crippen LogP contribution in [0.5, 0.6) is 0 Å². The highest BCUT2D eigenvalue weighted by atomic mass is 16.2. The van der Waals surface area contributed by atoms with Gasteiger partial charge >= 0.3 is 0 Å². The molecule has 0 unspecified atom stereocenters. The third-order valence-electron chi connectivity index (χ3n) is 4.14. The van der Waals surface area contributed by atoms with E-state index in [0.29, 0.717) is 0 Å². The standard InChI is InChI=1S/C12H20N2O2/c1-8(10(13)15)14-11(16)9-7-12(9)5-3-2-4-6-12/h8-9H,2-7H2,1H3,(H2,13,15)(H,14,16)/t8-,9+/m0/s1. The first-order chi connectivity index (χ1) is 7.55. The van der Waals surface area contributed by atoms with Crippen LogP contribution < -0.4 is 11.1 Å². The van der Waals surface area contributed by atoms with Gasteiger partial charge < -0.3 is 11.1 Å². The minimum atomic E-state index is -0.547. The van der Waals surface area contributed by atoms with E-state index < -0.39 is 11.9 Å². The van der Waals surface area contributed by atoms with Crippen molar-refractivity contribution in [2.45, 2.75) is 51.5 Å². The predicted octanol–water partition coefficient (Wildman–Crippen LogP) is 0.947. The highest BCUT2D eigenvalue weighted by molar-refractivity contribution is 5.89. The Morgan fingerprint density at radius 3 is 2.50 bits per heavy atom. The summed E-state index contributed by atoms with van der Waals surface area (Å²) in [6.45, 7) is 1.64. The van der Waals surface area contributed by atoms with Crippen molar-refractivity contribution < 1.29 is 9.59 Å². The first-order valence-corrected chi connectivity index (χ1v) is 6.15. The van der Waals surface area contributed by atoms with Crippen molar-refractivity contribution in [1.82, 2.24) is 5.32 Å². The zero-order chi connectivity index (χ0) is 11.8. The monoisotopic (exact) mass is 224 g/mol. The molecule has 2 saturated carbocycles. The Bertz CT molecular complexity index is 308. The van der Waals surface area contributed by atoms with Crippen LogP contribution in [-0.4, -0.2) is 17.9 Å². The molecule has 0 radical (unpaired) electrons. The van der Waals surface area contributed by atoms with Gasteiger partial charge in [-0.2, -0.15) is 0 Å². The third-order valence-corrected chi connectivity index (χ3v) is 4.14. The minimum Gasteiger partial charge on any atom is -0.368 e. The molecule has 90 valence electrons. The molecule has 2 aliphatic rings. The van der Waals surface area contributed by atoms with Crippen LogP contribution >= 0.6 is 0 Å². The van der Waals surface area contributed by atoms with Crippen molar-refractivity contribution in [3.05, 3.63) is 0 Å². The molecule has 0 bridgehead atoms. The number of primary amides is 1. The van der Waals surface area contributed by atoms with Crippen LogP contribution in [0, 0.1) is 11.3 Å². The van der Waals surface area contributed by atoms with E-state index >= 15 is 0 Å². The number of carbonyl (C=O) groups is 2. The van der Waals surface area contributed by atoms with Gasteiger partial charge in [-0.1, -0.05) is 19.3 Å². The molecule has 0 aliphatic heterocycles. The van der Waals surface area contributed by atoms with Crippen molar-refractivity contribution in [2.75, 3.05) is 0 Å². The summed E-state index contributed by atoms with van der Waals surface area (Å²) >= 11 is 0. The van der Waals surface area contributed by atoms with E-state index in [1.807, 2.05) is 0 Å². The molecule has 4 heteroatoms. The van der Waals surface area contributed by atoms with Crippen LogP contribution in [0.15, 0.2) is 0 Å². The smallest absolute Gasteiger partial charge is 0.239 e. The van der Waals surface area contributed by atoms with Crippen LogP contribution in [-0.2, 0) is 9.59 Å². The molecule has 2 rings (SSSR count). The first-order valence-electron chi connectivity index (χ1n) is 6.15. The Labute approximate surface area is 96.0 Å². The van der Waals surface area contributed by atoms with Crippen LogP contribution in [0.4, 0.5) is 0 Å². The third kappa shape index (κ3) is 2.06. The SMILES string of the molecule is C[C@H](NC(=O)[C@H]1CC12CCCCC2)C(N)=O. The average Bonchev–Trinajstić information content (AvgIpc) is 2.93. The molecule has 0 heterocycles. The van der Waals surface area contributed by atoms with Crippen molar-refractivity contribution in [2.24, 2.45) is 17.1 Å². The zero-order valence-corrected chi connectivity index (χ0v) is 9.79. The highest BCUT2D eigenvalue weighted by Crippen LogP contribution is 2.61. The van der Waals surface area contributed by atoms with Crippen molar-refractivity contribution >= 4 is 11.8 Å². The van der Waals surface area contributed by atoms with Crippen LogP contribution in [0.3, 0.4) is 0 Å². The van der Waals surface area contributed by atoms with Gasteiger partial charge in [0.2, 0.25) is 11.8 Å². The van der Waals surface area contributed by atoms with E-state index in [-0.39, 0.29) is 17.2 Å². The fourth-order valence-corrected chi connectivity index (χ4v) is 2.91. The van der Waals surface area contributed by atoms with Crippen LogP contribution in [0.2, 0.25) is 0 Å². The molecule has 16 heavy (non-hydrogen) atoms. The van der Waals surface area contributed by atoms with Gasteiger partial charge in [-0.15, -0.1) is 0 Å². The second kappa shape index (κ2) is 4.07. The molecule has 2 amide bonds. The number of nitrogens with one attached hydrogen (secondary N) is 1. The topological polar surface area (TPSA) is 72.2 Å². The van der Waals surface area contributed by atoms with Gasteiger partial charge in [-0.25, -0.2) is 0 Å². The van der Waals surface area contributed by atoms with Gasteiger partial charge in [0.25, 0.3) is 0 Å². The summed E-state index contributed by atoms with van der Waals surface area (Å²) in [5.74, 6) is -0.311. The molecule has 0 saturated heterocycles. The van der Waals surface area contributed by atoms with Gasteiger partial charge in [0.1, 0.15) is 6.04 Å². The fourth-order valence-electron chi connectivity index (χ4n) is 2.91. The lowest BCUT2D eigenvalue weighted by atomic mass is 9.84. The normalized spacial score (nSPS) is 28.4. The molecule has 0 aromatic rings. The average molecular weight is 224 g/mol. The maximum Gasteiger partial charge on any atom is 0.239 e. The van der Waals surface area contributed by atoms with Crippen LogP contribution in [0.25, 0.3) is 0 Å². The van der Waals surface area contributed by atoms with Crippen molar-refractivity contribution in [3.63, 3.8) is 0 Å². The van der Waals surface area contributed by atoms with E-state index in [1.165, 1.54) is 32.1 Å². The van der Waals surface area contributed by atoms with Crippen molar-refractivity contribution in [3.8, 4) is 0 Å². The summed E-state index contributed by atoms with van der Waals surface area (Å²) in [6, 6.07) is -0.547. The summed E-state index contributed by atoms with van der Waals surface area (Å²) in [5.41, 5.74) is 5.40. The fraction of sp³-hybridized carbons (Fsp3) is 0.833. The number of hydrogen-bond donors (Lipinski definition) is 2. The Hall–Kier alpha value is -1.06. The second-order valence-corrected chi connectivity index (χ2v) is 5.31. The molecular weight excluding hydrogens is 204 g/mol. The lowest BCUT2D eigenvalue weighted by Crippen LogP contribution is -2.43. The molecule has 1 spiro atoms. The van der Waals surface area contributed by atoms with E-state index in [0.717, 1.165) is 6.42 Å². The number of nitrogens with two attached hydrogens (primary N) is 1. The lowest BCUT2D eigenvalue weighted by molar-refractivity contribution is -0.128.